The fraction of sp³-hybridized carbons (Fsp3) is 0.273. The number of benzene rings is 1. The van der Waals surface area contributed by atoms with Crippen LogP contribution in [-0.4, -0.2) is 6.54 Å². The molecule has 0 radical (unpaired) electrons. The quantitative estimate of drug-likeness (QED) is 0.409. The van der Waals surface area contributed by atoms with Crippen molar-refractivity contribution in [1.29, 1.82) is 0 Å². The molecule has 0 spiro atoms. The van der Waals surface area contributed by atoms with Crippen molar-refractivity contribution >= 4 is 0 Å². The summed E-state index contributed by atoms with van der Waals surface area (Å²) in [5.74, 6) is 0. The summed E-state index contributed by atoms with van der Waals surface area (Å²) in [6, 6.07) is 10.1. The average molecular weight is 177 g/mol. The first kappa shape index (κ1) is 9.96. The predicted molar refractivity (Wildman–Crippen MR) is 54.0 cm³/mol. The SMILES string of the molecule is C=CCCNOCc1ccccc1. The fourth-order valence-corrected chi connectivity index (χ4v) is 0.942. The minimum atomic E-state index is 0.609. The third-order valence-corrected chi connectivity index (χ3v) is 1.63. The highest BCUT2D eigenvalue weighted by atomic mass is 16.6. The van der Waals surface area contributed by atoms with Crippen LogP contribution in [0.3, 0.4) is 0 Å². The molecule has 1 aromatic rings. The second-order valence-electron chi connectivity index (χ2n) is 2.75. The molecule has 1 rings (SSSR count). The molecular formula is C11H15NO. The van der Waals surface area contributed by atoms with E-state index in [0.717, 1.165) is 13.0 Å². The van der Waals surface area contributed by atoms with Crippen LogP contribution in [0.1, 0.15) is 12.0 Å². The highest BCUT2D eigenvalue weighted by Crippen LogP contribution is 1.98. The molecule has 2 nitrogen and oxygen atoms in total. The average Bonchev–Trinajstić information content (AvgIpc) is 2.19. The molecular weight excluding hydrogens is 162 g/mol. The Morgan fingerprint density at radius 2 is 2.08 bits per heavy atom. The standard InChI is InChI=1S/C11H15NO/c1-2-3-9-12-13-10-11-7-5-4-6-8-11/h2,4-8,12H,1,3,9-10H2. The van der Waals surface area contributed by atoms with Crippen LogP contribution in [0.4, 0.5) is 0 Å². The maximum atomic E-state index is 5.22. The molecule has 0 aliphatic carbocycles. The van der Waals surface area contributed by atoms with Crippen molar-refractivity contribution in [3.8, 4) is 0 Å². The van der Waals surface area contributed by atoms with E-state index in [9.17, 15) is 0 Å². The second-order valence-corrected chi connectivity index (χ2v) is 2.75. The monoisotopic (exact) mass is 177 g/mol. The van der Waals surface area contributed by atoms with E-state index in [1.54, 1.807) is 0 Å². The van der Waals surface area contributed by atoms with E-state index < -0.39 is 0 Å². The number of rotatable bonds is 6. The van der Waals surface area contributed by atoms with Crippen LogP contribution in [0.2, 0.25) is 0 Å². The van der Waals surface area contributed by atoms with Crippen molar-refractivity contribution < 1.29 is 4.84 Å². The van der Waals surface area contributed by atoms with Gasteiger partial charge in [-0.3, -0.25) is 4.84 Å². The van der Waals surface area contributed by atoms with Gasteiger partial charge in [-0.1, -0.05) is 36.4 Å². The van der Waals surface area contributed by atoms with Gasteiger partial charge in [0.2, 0.25) is 0 Å². The zero-order valence-corrected chi connectivity index (χ0v) is 7.70. The van der Waals surface area contributed by atoms with E-state index in [-0.39, 0.29) is 0 Å². The molecule has 0 saturated heterocycles. The molecule has 70 valence electrons. The van der Waals surface area contributed by atoms with Crippen molar-refractivity contribution in [2.45, 2.75) is 13.0 Å². The smallest absolute Gasteiger partial charge is 0.0933 e. The molecule has 1 aromatic carbocycles. The second kappa shape index (κ2) is 6.40. The lowest BCUT2D eigenvalue weighted by Gasteiger charge is -2.03. The van der Waals surface area contributed by atoms with Crippen LogP contribution in [0, 0.1) is 0 Å². The Labute approximate surface area is 79.2 Å². The van der Waals surface area contributed by atoms with Crippen LogP contribution in [0.5, 0.6) is 0 Å². The Morgan fingerprint density at radius 3 is 2.77 bits per heavy atom. The molecule has 0 aliphatic rings. The van der Waals surface area contributed by atoms with Gasteiger partial charge < -0.3 is 0 Å². The number of nitrogens with one attached hydrogen (secondary N) is 1. The van der Waals surface area contributed by atoms with Crippen LogP contribution in [-0.2, 0) is 11.4 Å². The predicted octanol–water partition coefficient (Wildman–Crippen LogP) is 2.28. The van der Waals surface area contributed by atoms with Gasteiger partial charge in [-0.05, 0) is 12.0 Å². The molecule has 0 saturated carbocycles. The van der Waals surface area contributed by atoms with E-state index in [2.05, 4.69) is 12.1 Å². The third-order valence-electron chi connectivity index (χ3n) is 1.63. The van der Waals surface area contributed by atoms with Gasteiger partial charge in [0.25, 0.3) is 0 Å². The third kappa shape index (κ3) is 4.45. The lowest BCUT2D eigenvalue weighted by Crippen LogP contribution is -2.15. The van der Waals surface area contributed by atoms with Crippen LogP contribution in [0.25, 0.3) is 0 Å². The topological polar surface area (TPSA) is 21.3 Å². The zero-order chi connectivity index (χ0) is 9.36. The van der Waals surface area contributed by atoms with E-state index in [1.807, 2.05) is 36.4 Å². The summed E-state index contributed by atoms with van der Waals surface area (Å²) < 4.78 is 0. The molecule has 0 bridgehead atoms. The molecule has 13 heavy (non-hydrogen) atoms. The van der Waals surface area contributed by atoms with Crippen molar-refractivity contribution in [1.82, 2.24) is 5.48 Å². The summed E-state index contributed by atoms with van der Waals surface area (Å²) in [6.45, 7) is 5.05. The van der Waals surface area contributed by atoms with E-state index in [0.29, 0.717) is 6.61 Å². The molecule has 0 aromatic heterocycles. The summed E-state index contributed by atoms with van der Waals surface area (Å²) in [6.07, 6.45) is 2.79. The summed E-state index contributed by atoms with van der Waals surface area (Å²) >= 11 is 0. The van der Waals surface area contributed by atoms with Gasteiger partial charge in [-0.25, -0.2) is 5.48 Å². The van der Waals surface area contributed by atoms with Crippen molar-refractivity contribution in [2.75, 3.05) is 6.54 Å². The largest absolute Gasteiger partial charge is 0.297 e. The van der Waals surface area contributed by atoms with Crippen LogP contribution < -0.4 is 5.48 Å². The Balaban J connectivity index is 2.10. The maximum Gasteiger partial charge on any atom is 0.0933 e. The summed E-state index contributed by atoms with van der Waals surface area (Å²) in [5.41, 5.74) is 4.04. The maximum absolute atomic E-state index is 5.22. The van der Waals surface area contributed by atoms with E-state index in [1.165, 1.54) is 5.56 Å². The Kier molecular flexibility index (Phi) is 4.91. The zero-order valence-electron chi connectivity index (χ0n) is 7.70. The van der Waals surface area contributed by atoms with E-state index in [4.69, 9.17) is 4.84 Å². The number of hydroxylamine groups is 1. The lowest BCUT2D eigenvalue weighted by molar-refractivity contribution is 0.0292. The van der Waals surface area contributed by atoms with Crippen LogP contribution in [0.15, 0.2) is 43.0 Å². The van der Waals surface area contributed by atoms with Crippen LogP contribution >= 0.6 is 0 Å². The molecule has 0 atom stereocenters. The minimum Gasteiger partial charge on any atom is -0.297 e. The number of hydrogen-bond donors (Lipinski definition) is 1. The molecule has 0 amide bonds. The van der Waals surface area contributed by atoms with E-state index >= 15 is 0 Å². The lowest BCUT2D eigenvalue weighted by atomic mass is 10.2. The molecule has 0 fully saturated rings. The molecule has 1 N–H and O–H groups in total. The van der Waals surface area contributed by atoms with Gasteiger partial charge >= 0.3 is 0 Å². The number of hydrogen-bond acceptors (Lipinski definition) is 2. The van der Waals surface area contributed by atoms with Gasteiger partial charge in [-0.2, -0.15) is 0 Å². The Morgan fingerprint density at radius 1 is 1.31 bits per heavy atom. The first-order valence-corrected chi connectivity index (χ1v) is 4.43. The Bertz CT molecular complexity index is 233. The van der Waals surface area contributed by atoms with Gasteiger partial charge in [0, 0.05) is 6.54 Å². The fourth-order valence-electron chi connectivity index (χ4n) is 0.942. The summed E-state index contributed by atoms with van der Waals surface area (Å²) in [5, 5.41) is 0. The molecule has 2 heteroatoms. The van der Waals surface area contributed by atoms with Crippen molar-refractivity contribution in [3.05, 3.63) is 48.6 Å². The highest BCUT2D eigenvalue weighted by Gasteiger charge is 1.89. The first-order chi connectivity index (χ1) is 6.43. The molecule has 0 heterocycles. The molecule has 0 aliphatic heterocycles. The van der Waals surface area contributed by atoms with Crippen molar-refractivity contribution in [2.24, 2.45) is 0 Å². The normalized spacial score (nSPS) is 9.85. The van der Waals surface area contributed by atoms with Gasteiger partial charge in [-0.15, -0.1) is 6.58 Å². The van der Waals surface area contributed by atoms with Gasteiger partial charge in [0.05, 0.1) is 6.61 Å². The summed E-state index contributed by atoms with van der Waals surface area (Å²) in [7, 11) is 0. The van der Waals surface area contributed by atoms with Gasteiger partial charge in [0.1, 0.15) is 0 Å². The Hall–Kier alpha value is -1.12. The highest BCUT2D eigenvalue weighted by molar-refractivity contribution is 5.13. The first-order valence-electron chi connectivity index (χ1n) is 4.43. The summed E-state index contributed by atoms with van der Waals surface area (Å²) in [4.78, 5) is 5.22. The molecule has 0 unspecified atom stereocenters. The minimum absolute atomic E-state index is 0.609. The van der Waals surface area contributed by atoms with Gasteiger partial charge in [0.15, 0.2) is 0 Å². The van der Waals surface area contributed by atoms with Crippen molar-refractivity contribution in [3.63, 3.8) is 0 Å².